The molecule has 1 aliphatic rings. The van der Waals surface area contributed by atoms with Gasteiger partial charge >= 0.3 is 0 Å². The van der Waals surface area contributed by atoms with E-state index in [2.05, 4.69) is 35.5 Å². The molecule has 7 rings (SSSR count). The fourth-order valence-corrected chi connectivity index (χ4v) is 5.62. The molecule has 0 unspecified atom stereocenters. The molecule has 0 spiro atoms. The van der Waals surface area contributed by atoms with Gasteiger partial charge in [0.15, 0.2) is 11.5 Å². The number of carbonyl (C=O) groups excluding carboxylic acids is 1. The Bertz CT molecular complexity index is 2150. The number of hydrogen-bond donors (Lipinski definition) is 3. The van der Waals surface area contributed by atoms with Crippen LogP contribution in [0.25, 0.3) is 55.8 Å². The second-order valence-electron chi connectivity index (χ2n) is 10.8. The Balaban J connectivity index is 1.25. The van der Waals surface area contributed by atoms with E-state index in [0.717, 1.165) is 30.2 Å². The summed E-state index contributed by atoms with van der Waals surface area (Å²) in [4.78, 5) is 33.5. The van der Waals surface area contributed by atoms with Crippen molar-refractivity contribution in [2.24, 2.45) is 5.92 Å². The van der Waals surface area contributed by atoms with Gasteiger partial charge in [0.25, 0.3) is 0 Å². The first-order chi connectivity index (χ1) is 20.7. The number of amides is 1. The van der Waals surface area contributed by atoms with Crippen molar-refractivity contribution >= 4 is 43.5 Å². The normalized spacial score (nSPS) is 13.5. The topological polar surface area (TPSA) is 159 Å². The van der Waals surface area contributed by atoms with Gasteiger partial charge in [-0.2, -0.15) is 5.10 Å². The molecule has 0 saturated heterocycles. The number of aromatic nitrogens is 7. The van der Waals surface area contributed by atoms with Crippen molar-refractivity contribution in [3.63, 3.8) is 0 Å². The molecule has 0 bridgehead atoms. The van der Waals surface area contributed by atoms with E-state index < -0.39 is 15.7 Å². The molecule has 216 valence electrons. The summed E-state index contributed by atoms with van der Waals surface area (Å²) in [5.41, 5.74) is 6.18. The van der Waals surface area contributed by atoms with E-state index in [-0.39, 0.29) is 24.0 Å². The van der Waals surface area contributed by atoms with Crippen molar-refractivity contribution < 1.29 is 17.6 Å². The summed E-state index contributed by atoms with van der Waals surface area (Å²) in [5, 5.41) is 11.0. The summed E-state index contributed by atoms with van der Waals surface area (Å²) in [6, 6.07) is 8.27. The number of rotatable bonds is 8. The number of halogens is 1. The lowest BCUT2D eigenvalue weighted by atomic mass is 10.0. The van der Waals surface area contributed by atoms with Gasteiger partial charge in [0.1, 0.15) is 21.3 Å². The number of carbonyl (C=O) groups is 1. The molecule has 1 saturated carbocycles. The zero-order valence-corrected chi connectivity index (χ0v) is 23.7. The van der Waals surface area contributed by atoms with E-state index in [1.165, 1.54) is 12.1 Å². The zero-order valence-electron chi connectivity index (χ0n) is 22.9. The third kappa shape index (κ3) is 5.58. The lowest BCUT2D eigenvalue weighted by Gasteiger charge is -2.07. The first kappa shape index (κ1) is 26.8. The predicted octanol–water partition coefficient (Wildman–Crippen LogP) is 4.70. The summed E-state index contributed by atoms with van der Waals surface area (Å²) in [6.07, 6.45) is 11.4. The zero-order chi connectivity index (χ0) is 29.7. The van der Waals surface area contributed by atoms with Gasteiger partial charge < -0.3 is 10.3 Å². The Morgan fingerprint density at radius 1 is 1.00 bits per heavy atom. The molecule has 3 N–H and O–H groups in total. The molecule has 5 heterocycles. The molecule has 1 aromatic carbocycles. The predicted molar refractivity (Wildman–Crippen MR) is 160 cm³/mol. The number of benzene rings is 1. The van der Waals surface area contributed by atoms with Gasteiger partial charge in [0, 0.05) is 47.5 Å². The van der Waals surface area contributed by atoms with Crippen molar-refractivity contribution in [1.82, 2.24) is 35.1 Å². The van der Waals surface area contributed by atoms with Gasteiger partial charge in [-0.05, 0) is 54.7 Å². The Morgan fingerprint density at radius 3 is 2.63 bits per heavy atom. The Labute approximate surface area is 245 Å². The number of aromatic amines is 2. The van der Waals surface area contributed by atoms with E-state index in [9.17, 15) is 17.6 Å². The summed E-state index contributed by atoms with van der Waals surface area (Å²) in [7, 11) is -3.20. The Hall–Kier alpha value is -5.04. The van der Waals surface area contributed by atoms with Gasteiger partial charge in [0.05, 0.1) is 40.3 Å². The van der Waals surface area contributed by atoms with Crippen LogP contribution in [0, 0.1) is 11.7 Å². The van der Waals surface area contributed by atoms with Crippen LogP contribution in [0.2, 0.25) is 0 Å². The third-order valence-corrected chi connectivity index (χ3v) is 8.30. The van der Waals surface area contributed by atoms with E-state index in [4.69, 9.17) is 4.98 Å². The quantitative estimate of drug-likeness (QED) is 0.228. The summed E-state index contributed by atoms with van der Waals surface area (Å²) >= 11 is 0. The van der Waals surface area contributed by atoms with Crippen molar-refractivity contribution in [2.45, 2.75) is 19.3 Å². The van der Waals surface area contributed by atoms with E-state index in [1.807, 2.05) is 12.1 Å². The van der Waals surface area contributed by atoms with Crippen LogP contribution in [0.1, 0.15) is 18.4 Å². The number of aryl methyl sites for hydroxylation is 1. The highest BCUT2D eigenvalue weighted by Gasteiger charge is 2.29. The van der Waals surface area contributed by atoms with E-state index in [1.54, 1.807) is 37.1 Å². The fraction of sp³-hybridized carbons (Fsp3) is 0.200. The number of H-pyrrole nitrogens is 2. The minimum absolute atomic E-state index is 0.00626. The average molecular weight is 597 g/mol. The van der Waals surface area contributed by atoms with Gasteiger partial charge in [-0.1, -0.05) is 6.07 Å². The number of sulfone groups is 1. The molecule has 1 fully saturated rings. The number of anilines is 1. The monoisotopic (exact) mass is 596 g/mol. The number of fused-ring (bicyclic) bond motifs is 2. The molecular formula is C30H25FN8O3S. The van der Waals surface area contributed by atoms with Crippen LogP contribution in [0.15, 0.2) is 61.3 Å². The molecule has 11 nitrogen and oxygen atoms in total. The SMILES string of the molecule is CS(=O)(=O)CCc1cc(F)cc(-c2cncc3[nH]c(-c4[nH]nc5ncc(-c6cncc(NC(=O)C7CC7)c6)cc45)nc23)c1. The highest BCUT2D eigenvalue weighted by atomic mass is 32.2. The number of nitrogens with one attached hydrogen (secondary N) is 3. The maximum Gasteiger partial charge on any atom is 0.227 e. The first-order valence-corrected chi connectivity index (χ1v) is 15.7. The van der Waals surface area contributed by atoms with Crippen LogP contribution in [0.3, 0.4) is 0 Å². The van der Waals surface area contributed by atoms with E-state index in [0.29, 0.717) is 56.0 Å². The van der Waals surface area contributed by atoms with Crippen LogP contribution in [0.4, 0.5) is 10.1 Å². The highest BCUT2D eigenvalue weighted by Crippen LogP contribution is 2.34. The Morgan fingerprint density at radius 2 is 1.81 bits per heavy atom. The van der Waals surface area contributed by atoms with Crippen molar-refractivity contribution in [2.75, 3.05) is 17.3 Å². The minimum atomic E-state index is -3.20. The van der Waals surface area contributed by atoms with Crippen molar-refractivity contribution in [3.8, 4) is 33.8 Å². The summed E-state index contributed by atoms with van der Waals surface area (Å²) in [6.45, 7) is 0. The molecule has 0 radical (unpaired) electrons. The van der Waals surface area contributed by atoms with Crippen LogP contribution < -0.4 is 5.32 Å². The minimum Gasteiger partial charge on any atom is -0.335 e. The van der Waals surface area contributed by atoms with Gasteiger partial charge in [-0.15, -0.1) is 0 Å². The fourth-order valence-electron chi connectivity index (χ4n) is 5.01. The second-order valence-corrected chi connectivity index (χ2v) is 13.1. The summed E-state index contributed by atoms with van der Waals surface area (Å²) < 4.78 is 37.9. The lowest BCUT2D eigenvalue weighted by Crippen LogP contribution is -2.13. The standard InChI is InChI=1S/C30H25FN8O3S/c1-43(41,42)5-4-16-6-18(8-21(31)7-16)24-14-33-15-25-26(24)37-29(36-25)27-23-10-20(12-34-28(23)39-38-27)19-9-22(13-32-11-19)35-30(40)17-2-3-17/h6-15,17H,2-5H2,1H3,(H,35,40)(H,36,37)(H,34,38,39). The lowest BCUT2D eigenvalue weighted by molar-refractivity contribution is -0.117. The molecule has 0 atom stereocenters. The molecule has 1 aliphatic carbocycles. The second kappa shape index (κ2) is 10.3. The third-order valence-electron chi connectivity index (χ3n) is 7.36. The largest absolute Gasteiger partial charge is 0.335 e. The Kier molecular flexibility index (Phi) is 6.46. The van der Waals surface area contributed by atoms with Gasteiger partial charge in [-0.25, -0.2) is 22.8 Å². The molecule has 13 heteroatoms. The van der Waals surface area contributed by atoms with Crippen LogP contribution in [-0.4, -0.2) is 61.5 Å². The maximum absolute atomic E-state index is 14.6. The van der Waals surface area contributed by atoms with Crippen molar-refractivity contribution in [1.29, 1.82) is 0 Å². The average Bonchev–Trinajstić information content (AvgIpc) is 3.61. The van der Waals surface area contributed by atoms with Crippen LogP contribution in [0.5, 0.6) is 0 Å². The molecule has 1 amide bonds. The molecule has 43 heavy (non-hydrogen) atoms. The van der Waals surface area contributed by atoms with Gasteiger partial charge in [0.2, 0.25) is 5.91 Å². The molecule has 5 aromatic heterocycles. The van der Waals surface area contributed by atoms with Gasteiger partial charge in [-0.3, -0.25) is 19.9 Å². The molecule has 6 aromatic rings. The number of hydrogen-bond acceptors (Lipinski definition) is 8. The number of nitrogens with zero attached hydrogens (tertiary/aromatic N) is 5. The van der Waals surface area contributed by atoms with Crippen LogP contribution >= 0.6 is 0 Å². The maximum atomic E-state index is 14.6. The molecule has 0 aliphatic heterocycles. The highest BCUT2D eigenvalue weighted by molar-refractivity contribution is 7.90. The number of imidazole rings is 1. The van der Waals surface area contributed by atoms with Crippen LogP contribution in [-0.2, 0) is 21.1 Å². The van der Waals surface area contributed by atoms with Crippen molar-refractivity contribution in [3.05, 3.63) is 72.7 Å². The summed E-state index contributed by atoms with van der Waals surface area (Å²) in [5.74, 6) is 0.0216. The first-order valence-electron chi connectivity index (χ1n) is 13.6. The number of pyridine rings is 3. The molecular weight excluding hydrogens is 571 g/mol. The van der Waals surface area contributed by atoms with E-state index >= 15 is 0 Å². The smallest absolute Gasteiger partial charge is 0.227 e.